The number of hydrogen-bond acceptors (Lipinski definition) is 4. The van der Waals surface area contributed by atoms with Gasteiger partial charge in [0.25, 0.3) is 0 Å². The van der Waals surface area contributed by atoms with Gasteiger partial charge < -0.3 is 15.5 Å². The minimum absolute atomic E-state index is 0.0490. The Hall–Kier alpha value is -3.04. The highest BCUT2D eigenvalue weighted by Gasteiger charge is 2.24. The van der Waals surface area contributed by atoms with Crippen molar-refractivity contribution in [2.24, 2.45) is 0 Å². The fourth-order valence-electron chi connectivity index (χ4n) is 4.79. The maximum Gasteiger partial charge on any atom is 0.315 e. The number of nitrogens with zero attached hydrogens (tertiary/aromatic N) is 3. The summed E-state index contributed by atoms with van der Waals surface area (Å²) in [6.45, 7) is 4.55. The molecule has 2 aliphatic rings. The summed E-state index contributed by atoms with van der Waals surface area (Å²) in [6.07, 6.45) is 5.45. The van der Waals surface area contributed by atoms with Crippen LogP contribution in [0.4, 0.5) is 10.5 Å². The Balaban J connectivity index is 1.20. The predicted octanol–water partition coefficient (Wildman–Crippen LogP) is 3.88. The minimum Gasteiger partial charge on any atom is -0.371 e. The van der Waals surface area contributed by atoms with Gasteiger partial charge in [0.1, 0.15) is 0 Å². The van der Waals surface area contributed by atoms with E-state index in [0.717, 1.165) is 51.1 Å². The molecule has 2 aliphatic heterocycles. The van der Waals surface area contributed by atoms with Crippen molar-refractivity contribution in [1.29, 1.82) is 5.26 Å². The predicted molar refractivity (Wildman–Crippen MR) is 127 cm³/mol. The van der Waals surface area contributed by atoms with Crippen LogP contribution in [0.15, 0.2) is 54.6 Å². The van der Waals surface area contributed by atoms with Gasteiger partial charge in [0, 0.05) is 44.0 Å². The average molecular weight is 432 g/mol. The highest BCUT2D eigenvalue weighted by molar-refractivity contribution is 5.74. The maximum absolute atomic E-state index is 12.6. The van der Waals surface area contributed by atoms with Gasteiger partial charge in [0.2, 0.25) is 0 Å². The van der Waals surface area contributed by atoms with Crippen LogP contribution in [0.5, 0.6) is 0 Å². The number of carbonyl (C=O) groups excluding carboxylic acids is 1. The Bertz CT molecular complexity index is 900. The van der Waals surface area contributed by atoms with Crippen LogP contribution in [0.3, 0.4) is 0 Å². The minimum atomic E-state index is -0.0490. The van der Waals surface area contributed by atoms with Crippen LogP contribution in [0.1, 0.15) is 43.2 Å². The Morgan fingerprint density at radius 2 is 1.72 bits per heavy atom. The standard InChI is InChI=1S/C26H33N5O/c27-18-21-9-11-24(12-10-21)30-16-13-23(14-17-30)29-26(32)28-19-25-8-4-5-15-31(25)20-22-6-2-1-3-7-22/h1-3,6-7,9-12,23,25H,4-5,8,13-17,19-20H2,(H2,28,29,32). The van der Waals surface area contributed by atoms with E-state index in [1.165, 1.54) is 18.4 Å². The van der Waals surface area contributed by atoms with Crippen LogP contribution in [0, 0.1) is 11.3 Å². The molecule has 2 N–H and O–H groups in total. The first-order valence-corrected chi connectivity index (χ1v) is 11.8. The Morgan fingerprint density at radius 3 is 2.44 bits per heavy atom. The zero-order valence-corrected chi connectivity index (χ0v) is 18.7. The van der Waals surface area contributed by atoms with E-state index in [-0.39, 0.29) is 12.1 Å². The van der Waals surface area contributed by atoms with E-state index >= 15 is 0 Å². The lowest BCUT2D eigenvalue weighted by molar-refractivity contribution is 0.138. The number of piperidine rings is 2. The fraction of sp³-hybridized carbons (Fsp3) is 0.462. The van der Waals surface area contributed by atoms with Gasteiger partial charge in [-0.25, -0.2) is 4.79 Å². The summed E-state index contributed by atoms with van der Waals surface area (Å²) >= 11 is 0. The van der Waals surface area contributed by atoms with Gasteiger partial charge in [-0.15, -0.1) is 0 Å². The van der Waals surface area contributed by atoms with Gasteiger partial charge in [0.15, 0.2) is 0 Å². The van der Waals surface area contributed by atoms with Crippen LogP contribution < -0.4 is 15.5 Å². The van der Waals surface area contributed by atoms with Crippen molar-refractivity contribution in [3.8, 4) is 6.07 Å². The van der Waals surface area contributed by atoms with E-state index in [2.05, 4.69) is 56.8 Å². The van der Waals surface area contributed by atoms with Crippen LogP contribution >= 0.6 is 0 Å². The lowest BCUT2D eigenvalue weighted by atomic mass is 10.0. The molecule has 2 saturated heterocycles. The molecule has 2 amide bonds. The Labute approximate surface area is 191 Å². The molecule has 0 bridgehead atoms. The molecule has 4 rings (SSSR count). The Morgan fingerprint density at radius 1 is 0.969 bits per heavy atom. The summed E-state index contributed by atoms with van der Waals surface area (Å²) in [5.41, 5.74) is 3.16. The molecule has 1 unspecified atom stereocenters. The van der Waals surface area contributed by atoms with Crippen LogP contribution in [0.2, 0.25) is 0 Å². The van der Waals surface area contributed by atoms with Gasteiger partial charge in [-0.1, -0.05) is 36.8 Å². The van der Waals surface area contributed by atoms with E-state index < -0.39 is 0 Å². The van der Waals surface area contributed by atoms with E-state index in [1.807, 2.05) is 24.3 Å². The fourth-order valence-corrected chi connectivity index (χ4v) is 4.79. The molecule has 2 fully saturated rings. The smallest absolute Gasteiger partial charge is 0.315 e. The van der Waals surface area contributed by atoms with E-state index in [1.54, 1.807) is 0 Å². The normalized spacial score (nSPS) is 19.8. The largest absolute Gasteiger partial charge is 0.371 e. The second kappa shape index (κ2) is 11.0. The molecule has 168 valence electrons. The molecule has 0 spiro atoms. The molecule has 32 heavy (non-hydrogen) atoms. The van der Waals surface area contributed by atoms with Crippen molar-refractivity contribution in [2.45, 2.75) is 50.7 Å². The molecule has 2 aromatic rings. The highest BCUT2D eigenvalue weighted by Crippen LogP contribution is 2.21. The second-order valence-electron chi connectivity index (χ2n) is 8.88. The molecule has 6 nitrogen and oxygen atoms in total. The molecular formula is C26H33N5O. The number of urea groups is 1. The van der Waals surface area contributed by atoms with E-state index in [4.69, 9.17) is 5.26 Å². The van der Waals surface area contributed by atoms with Crippen molar-refractivity contribution in [1.82, 2.24) is 15.5 Å². The SMILES string of the molecule is N#Cc1ccc(N2CCC(NC(=O)NCC3CCCCN3Cc3ccccc3)CC2)cc1. The molecule has 1 atom stereocenters. The maximum atomic E-state index is 12.6. The molecule has 2 heterocycles. The third kappa shape index (κ3) is 6.02. The first-order valence-electron chi connectivity index (χ1n) is 11.8. The van der Waals surface area contributed by atoms with Crippen LogP contribution in [-0.4, -0.2) is 49.2 Å². The quantitative estimate of drug-likeness (QED) is 0.728. The number of rotatable bonds is 6. The van der Waals surface area contributed by atoms with E-state index in [9.17, 15) is 4.79 Å². The summed E-state index contributed by atoms with van der Waals surface area (Å²) in [6, 6.07) is 21.0. The summed E-state index contributed by atoms with van der Waals surface area (Å²) in [5, 5.41) is 15.3. The summed E-state index contributed by atoms with van der Waals surface area (Å²) in [4.78, 5) is 17.4. The monoisotopic (exact) mass is 431 g/mol. The topological polar surface area (TPSA) is 71.4 Å². The zero-order chi connectivity index (χ0) is 22.2. The van der Waals surface area contributed by atoms with Crippen molar-refractivity contribution < 1.29 is 4.79 Å². The van der Waals surface area contributed by atoms with Gasteiger partial charge >= 0.3 is 6.03 Å². The first kappa shape index (κ1) is 22.2. The molecule has 0 aromatic heterocycles. The first-order chi connectivity index (χ1) is 15.7. The molecule has 2 aromatic carbocycles. The summed E-state index contributed by atoms with van der Waals surface area (Å²) < 4.78 is 0. The second-order valence-corrected chi connectivity index (χ2v) is 8.88. The third-order valence-corrected chi connectivity index (χ3v) is 6.67. The number of amides is 2. The van der Waals surface area contributed by atoms with Gasteiger partial charge in [0.05, 0.1) is 11.6 Å². The molecular weight excluding hydrogens is 398 g/mol. The molecule has 6 heteroatoms. The van der Waals surface area contributed by atoms with Crippen molar-refractivity contribution in [3.63, 3.8) is 0 Å². The summed E-state index contributed by atoms with van der Waals surface area (Å²) in [5.74, 6) is 0. The third-order valence-electron chi connectivity index (χ3n) is 6.67. The zero-order valence-electron chi connectivity index (χ0n) is 18.7. The van der Waals surface area contributed by atoms with Gasteiger partial charge in [-0.2, -0.15) is 5.26 Å². The van der Waals surface area contributed by atoms with Gasteiger partial charge in [-0.3, -0.25) is 4.90 Å². The number of benzene rings is 2. The molecule has 0 aliphatic carbocycles. The number of carbonyl (C=O) groups is 1. The number of nitrogens with one attached hydrogen (secondary N) is 2. The van der Waals surface area contributed by atoms with Crippen molar-refractivity contribution in [3.05, 3.63) is 65.7 Å². The molecule has 0 saturated carbocycles. The van der Waals surface area contributed by atoms with Crippen molar-refractivity contribution >= 4 is 11.7 Å². The number of nitriles is 1. The van der Waals surface area contributed by atoms with E-state index in [0.29, 0.717) is 18.2 Å². The highest BCUT2D eigenvalue weighted by atomic mass is 16.2. The Kier molecular flexibility index (Phi) is 7.63. The lowest BCUT2D eigenvalue weighted by Crippen LogP contribution is -2.51. The molecule has 0 radical (unpaired) electrons. The summed E-state index contributed by atoms with van der Waals surface area (Å²) in [7, 11) is 0. The number of anilines is 1. The van der Waals surface area contributed by atoms with Crippen LogP contribution in [-0.2, 0) is 6.54 Å². The van der Waals surface area contributed by atoms with Crippen LogP contribution in [0.25, 0.3) is 0 Å². The van der Waals surface area contributed by atoms with Gasteiger partial charge in [-0.05, 0) is 62.1 Å². The number of likely N-dealkylation sites (tertiary alicyclic amines) is 1. The average Bonchev–Trinajstić information content (AvgIpc) is 2.85. The lowest BCUT2D eigenvalue weighted by Gasteiger charge is -2.36. The van der Waals surface area contributed by atoms with Crippen molar-refractivity contribution in [2.75, 3.05) is 31.1 Å². The number of hydrogen-bond donors (Lipinski definition) is 2.